The fourth-order valence-corrected chi connectivity index (χ4v) is 1.72. The molecule has 1 unspecified atom stereocenters. The number of nitrogens with one attached hydrogen (secondary N) is 1. The van der Waals surface area contributed by atoms with Crippen molar-refractivity contribution in [3.63, 3.8) is 0 Å². The highest BCUT2D eigenvalue weighted by atomic mass is 32.2. The minimum Gasteiger partial charge on any atom is -0.315 e. The van der Waals surface area contributed by atoms with Gasteiger partial charge in [0.15, 0.2) is 11.1 Å². The summed E-state index contributed by atoms with van der Waals surface area (Å²) in [6.45, 7) is 3.10. The Balaban J connectivity index is 1.93. The van der Waals surface area contributed by atoms with Gasteiger partial charge in [-0.25, -0.2) is 4.21 Å². The number of rotatable bonds is 5. The van der Waals surface area contributed by atoms with Gasteiger partial charge in [0.1, 0.15) is 0 Å². The van der Waals surface area contributed by atoms with Gasteiger partial charge in [0, 0.05) is 19.1 Å². The largest absolute Gasteiger partial charge is 0.315 e. The summed E-state index contributed by atoms with van der Waals surface area (Å²) in [5.74, 6) is 0.403. The van der Waals surface area contributed by atoms with E-state index in [4.69, 9.17) is 4.55 Å². The van der Waals surface area contributed by atoms with Crippen molar-refractivity contribution in [1.82, 2.24) is 10.2 Å². The quantitative estimate of drug-likeness (QED) is 0.577. The third-order valence-corrected chi connectivity index (χ3v) is 2.80. The molecule has 12 heavy (non-hydrogen) atoms. The molecule has 0 saturated carbocycles. The van der Waals surface area contributed by atoms with Gasteiger partial charge in [0.05, 0.1) is 5.75 Å². The Morgan fingerprint density at radius 2 is 2.33 bits per heavy atom. The van der Waals surface area contributed by atoms with Gasteiger partial charge in [-0.2, -0.15) is 0 Å². The van der Waals surface area contributed by atoms with Gasteiger partial charge < -0.3 is 14.8 Å². The van der Waals surface area contributed by atoms with Crippen LogP contribution in [0.1, 0.15) is 6.42 Å². The van der Waals surface area contributed by atoms with Crippen LogP contribution in [0.25, 0.3) is 0 Å². The minimum absolute atomic E-state index is 0.403. The average Bonchev–Trinajstić information content (AvgIpc) is 1.93. The molecule has 1 heterocycles. The van der Waals surface area contributed by atoms with Gasteiger partial charge in [-0.3, -0.25) is 0 Å². The number of likely N-dealkylation sites (N-methyl/N-ethyl adjacent to an activating group) is 1. The van der Waals surface area contributed by atoms with Crippen LogP contribution in [0.15, 0.2) is 0 Å². The molecule has 1 rings (SSSR count). The number of hydrogen-bond acceptors (Lipinski definition) is 3. The molecule has 1 saturated heterocycles. The normalized spacial score (nSPS) is 22.2. The summed E-state index contributed by atoms with van der Waals surface area (Å²) < 4.78 is 18.8. The first kappa shape index (κ1) is 10.1. The summed E-state index contributed by atoms with van der Waals surface area (Å²) >= 11 is -1.61. The summed E-state index contributed by atoms with van der Waals surface area (Å²) in [6, 6.07) is 0.629. The van der Waals surface area contributed by atoms with Gasteiger partial charge in [-0.15, -0.1) is 0 Å². The SMILES string of the molecule is CNC1CN(CCCS(=O)O)C1. The third kappa shape index (κ3) is 3.18. The van der Waals surface area contributed by atoms with E-state index < -0.39 is 11.1 Å². The van der Waals surface area contributed by atoms with Crippen LogP contribution in [0, 0.1) is 0 Å². The van der Waals surface area contributed by atoms with Crippen molar-refractivity contribution in [2.75, 3.05) is 32.4 Å². The van der Waals surface area contributed by atoms with E-state index in [9.17, 15) is 4.21 Å². The maximum absolute atomic E-state index is 10.3. The molecule has 72 valence electrons. The molecule has 0 aromatic rings. The Morgan fingerprint density at radius 1 is 1.67 bits per heavy atom. The highest BCUT2D eigenvalue weighted by Gasteiger charge is 2.23. The molecule has 0 aliphatic carbocycles. The number of likely N-dealkylation sites (tertiary alicyclic amines) is 1. The van der Waals surface area contributed by atoms with Crippen LogP contribution in [0.5, 0.6) is 0 Å². The Labute approximate surface area is 75.6 Å². The van der Waals surface area contributed by atoms with Crippen LogP contribution in [-0.2, 0) is 11.1 Å². The molecule has 0 spiro atoms. The lowest BCUT2D eigenvalue weighted by Gasteiger charge is -2.38. The van der Waals surface area contributed by atoms with Crippen molar-refractivity contribution >= 4 is 11.1 Å². The maximum Gasteiger partial charge on any atom is 0.152 e. The van der Waals surface area contributed by atoms with Gasteiger partial charge in [-0.05, 0) is 20.0 Å². The van der Waals surface area contributed by atoms with E-state index in [1.807, 2.05) is 7.05 Å². The minimum atomic E-state index is -1.61. The molecule has 5 heteroatoms. The van der Waals surface area contributed by atoms with Crippen molar-refractivity contribution in [3.05, 3.63) is 0 Å². The van der Waals surface area contributed by atoms with Crippen LogP contribution in [-0.4, -0.2) is 52.1 Å². The monoisotopic (exact) mass is 192 g/mol. The molecular weight excluding hydrogens is 176 g/mol. The molecule has 2 N–H and O–H groups in total. The topological polar surface area (TPSA) is 52.6 Å². The third-order valence-electron chi connectivity index (χ3n) is 2.16. The van der Waals surface area contributed by atoms with Gasteiger partial charge in [-0.1, -0.05) is 0 Å². The van der Waals surface area contributed by atoms with E-state index in [1.54, 1.807) is 0 Å². The van der Waals surface area contributed by atoms with E-state index in [1.165, 1.54) is 0 Å². The van der Waals surface area contributed by atoms with Crippen LogP contribution in [0.2, 0.25) is 0 Å². The van der Waals surface area contributed by atoms with Gasteiger partial charge >= 0.3 is 0 Å². The van der Waals surface area contributed by atoms with Crippen molar-refractivity contribution in [1.29, 1.82) is 0 Å². The van der Waals surface area contributed by atoms with Gasteiger partial charge in [0.25, 0.3) is 0 Å². The smallest absolute Gasteiger partial charge is 0.152 e. The van der Waals surface area contributed by atoms with E-state index >= 15 is 0 Å². The van der Waals surface area contributed by atoms with Crippen molar-refractivity contribution in [2.45, 2.75) is 12.5 Å². The zero-order chi connectivity index (χ0) is 8.97. The first-order valence-corrected chi connectivity index (χ1v) is 5.47. The van der Waals surface area contributed by atoms with Crippen LogP contribution in [0.4, 0.5) is 0 Å². The Bertz CT molecular complexity index is 159. The molecule has 0 aromatic carbocycles. The Kier molecular flexibility index (Phi) is 4.14. The second-order valence-electron chi connectivity index (χ2n) is 3.12. The molecule has 0 amide bonds. The summed E-state index contributed by atoms with van der Waals surface area (Å²) in [6.07, 6.45) is 0.819. The fraction of sp³-hybridized carbons (Fsp3) is 1.00. The summed E-state index contributed by atoms with van der Waals surface area (Å²) in [4.78, 5) is 2.29. The first-order valence-electron chi connectivity index (χ1n) is 4.19. The van der Waals surface area contributed by atoms with Crippen LogP contribution < -0.4 is 5.32 Å². The Morgan fingerprint density at radius 3 is 2.83 bits per heavy atom. The summed E-state index contributed by atoms with van der Waals surface area (Å²) in [5, 5.41) is 3.18. The molecule has 1 fully saturated rings. The highest BCUT2D eigenvalue weighted by Crippen LogP contribution is 2.07. The van der Waals surface area contributed by atoms with Crippen molar-refractivity contribution in [3.8, 4) is 0 Å². The Hall–Kier alpha value is 0.0300. The van der Waals surface area contributed by atoms with E-state index in [0.717, 1.165) is 26.1 Å². The standard InChI is InChI=1S/C7H16N2O2S/c1-8-7-5-9(6-7)3-2-4-12(10)11/h7-8H,2-6H2,1H3,(H,10,11). The molecule has 0 bridgehead atoms. The summed E-state index contributed by atoms with van der Waals surface area (Å²) in [7, 11) is 1.96. The van der Waals surface area contributed by atoms with E-state index in [-0.39, 0.29) is 0 Å². The van der Waals surface area contributed by atoms with E-state index in [0.29, 0.717) is 11.8 Å². The molecule has 0 aromatic heterocycles. The second kappa shape index (κ2) is 4.91. The maximum atomic E-state index is 10.3. The summed E-state index contributed by atoms with van der Waals surface area (Å²) in [5.41, 5.74) is 0. The van der Waals surface area contributed by atoms with Gasteiger partial charge in [0.2, 0.25) is 0 Å². The van der Waals surface area contributed by atoms with Crippen molar-refractivity contribution < 1.29 is 8.76 Å². The van der Waals surface area contributed by atoms with E-state index in [2.05, 4.69) is 10.2 Å². The van der Waals surface area contributed by atoms with Crippen LogP contribution >= 0.6 is 0 Å². The second-order valence-corrected chi connectivity index (χ2v) is 4.18. The first-order chi connectivity index (χ1) is 5.72. The molecular formula is C7H16N2O2S. The predicted octanol–water partition coefficient (Wildman–Crippen LogP) is -0.498. The highest BCUT2D eigenvalue weighted by molar-refractivity contribution is 7.79. The lowest BCUT2D eigenvalue weighted by atomic mass is 10.1. The molecule has 4 nitrogen and oxygen atoms in total. The zero-order valence-corrected chi connectivity index (χ0v) is 8.14. The number of nitrogens with zero attached hydrogens (tertiary/aromatic N) is 1. The molecule has 1 atom stereocenters. The average molecular weight is 192 g/mol. The van der Waals surface area contributed by atoms with Crippen LogP contribution in [0.3, 0.4) is 0 Å². The molecule has 1 aliphatic rings. The molecule has 1 aliphatic heterocycles. The zero-order valence-electron chi connectivity index (χ0n) is 7.32. The number of hydrogen-bond donors (Lipinski definition) is 2. The fourth-order valence-electron chi connectivity index (χ4n) is 1.35. The lowest BCUT2D eigenvalue weighted by molar-refractivity contribution is 0.132. The lowest BCUT2D eigenvalue weighted by Crippen LogP contribution is -2.57. The molecule has 0 radical (unpaired) electrons. The van der Waals surface area contributed by atoms with Crippen molar-refractivity contribution in [2.24, 2.45) is 0 Å². The predicted molar refractivity (Wildman–Crippen MR) is 49.5 cm³/mol.